The molecule has 0 aromatic heterocycles. The number of anilines is 1. The van der Waals surface area contributed by atoms with E-state index in [0.29, 0.717) is 18.5 Å². The van der Waals surface area contributed by atoms with E-state index in [1.165, 1.54) is 0 Å². The summed E-state index contributed by atoms with van der Waals surface area (Å²) in [6, 6.07) is 15.2. The van der Waals surface area contributed by atoms with Gasteiger partial charge in [-0.05, 0) is 43.0 Å². The first-order chi connectivity index (χ1) is 13.7. The van der Waals surface area contributed by atoms with Crippen molar-refractivity contribution in [3.05, 3.63) is 64.1 Å². The molecular weight excluding hydrogens is 456 g/mol. The first-order valence-corrected chi connectivity index (χ1v) is 11.9. The molecule has 0 aliphatic carbocycles. The fourth-order valence-electron chi connectivity index (χ4n) is 2.72. The molecule has 29 heavy (non-hydrogen) atoms. The third-order valence-electron chi connectivity index (χ3n) is 4.26. The van der Waals surface area contributed by atoms with Crippen LogP contribution in [0.25, 0.3) is 0 Å². The van der Waals surface area contributed by atoms with E-state index in [-0.39, 0.29) is 24.6 Å². The molecule has 2 N–H and O–H groups in total. The fraction of sp³-hybridized carbons (Fsp3) is 0.333. The van der Waals surface area contributed by atoms with Crippen molar-refractivity contribution in [2.24, 2.45) is 0 Å². The predicted octanol–water partition coefficient (Wildman–Crippen LogP) is 3.25. The maximum Gasteiger partial charge on any atom is 0.235 e. The number of hydrogen-bond acceptors (Lipinski definition) is 4. The summed E-state index contributed by atoms with van der Waals surface area (Å²) in [5, 5.41) is 5.28. The maximum absolute atomic E-state index is 12.1. The van der Waals surface area contributed by atoms with E-state index < -0.39 is 21.5 Å². The molecule has 0 bridgehead atoms. The van der Waals surface area contributed by atoms with Gasteiger partial charge < -0.3 is 10.6 Å². The summed E-state index contributed by atoms with van der Waals surface area (Å²) >= 11 is 3.35. The van der Waals surface area contributed by atoms with Crippen molar-refractivity contribution in [2.75, 3.05) is 23.4 Å². The molecule has 2 amide bonds. The minimum Gasteiger partial charge on any atom is -0.355 e. The van der Waals surface area contributed by atoms with E-state index >= 15 is 0 Å². The normalized spacial score (nSPS) is 11.1. The molecule has 2 rings (SSSR count). The minimum absolute atomic E-state index is 0.0437. The summed E-state index contributed by atoms with van der Waals surface area (Å²) in [5.74, 6) is -1.44. The third kappa shape index (κ3) is 8.79. The van der Waals surface area contributed by atoms with Crippen molar-refractivity contribution in [1.82, 2.24) is 5.32 Å². The molecule has 8 heteroatoms. The minimum atomic E-state index is -3.48. The summed E-state index contributed by atoms with van der Waals surface area (Å²) in [5.41, 5.74) is 2.68. The van der Waals surface area contributed by atoms with Crippen LogP contribution in [0, 0.1) is 6.92 Å². The van der Waals surface area contributed by atoms with Crippen molar-refractivity contribution in [3.8, 4) is 0 Å². The quantitative estimate of drug-likeness (QED) is 0.545. The topological polar surface area (TPSA) is 92.3 Å². The van der Waals surface area contributed by atoms with Gasteiger partial charge in [0.1, 0.15) is 5.75 Å². The molecule has 0 atom stereocenters. The van der Waals surface area contributed by atoms with E-state index in [2.05, 4.69) is 26.6 Å². The number of carbonyl (C=O) groups is 2. The Kier molecular flexibility index (Phi) is 8.85. The zero-order chi connectivity index (χ0) is 21.3. The molecule has 0 saturated heterocycles. The summed E-state index contributed by atoms with van der Waals surface area (Å²) in [7, 11) is -3.48. The number of nitrogens with one attached hydrogen (secondary N) is 2. The van der Waals surface area contributed by atoms with Crippen LogP contribution in [0.1, 0.15) is 24.0 Å². The number of carbonyl (C=O) groups excluding carboxylic acids is 2. The zero-order valence-electron chi connectivity index (χ0n) is 16.3. The van der Waals surface area contributed by atoms with Crippen LogP contribution in [0.2, 0.25) is 0 Å². The lowest BCUT2D eigenvalue weighted by molar-refractivity contribution is -0.119. The Labute approximate surface area is 180 Å². The highest BCUT2D eigenvalue weighted by Gasteiger charge is 2.16. The van der Waals surface area contributed by atoms with Crippen LogP contribution in [0.3, 0.4) is 0 Å². The highest BCUT2D eigenvalue weighted by Crippen LogP contribution is 2.20. The van der Waals surface area contributed by atoms with Gasteiger partial charge in [0.05, 0.1) is 5.75 Å². The van der Waals surface area contributed by atoms with Gasteiger partial charge in [-0.15, -0.1) is 0 Å². The van der Waals surface area contributed by atoms with Crippen LogP contribution < -0.4 is 10.6 Å². The van der Waals surface area contributed by atoms with Gasteiger partial charge >= 0.3 is 0 Å². The van der Waals surface area contributed by atoms with Gasteiger partial charge in [-0.3, -0.25) is 9.59 Å². The Balaban J connectivity index is 1.68. The molecular formula is C21H25BrN2O4S. The third-order valence-corrected chi connectivity index (χ3v) is 6.37. The summed E-state index contributed by atoms with van der Waals surface area (Å²) in [6.07, 6.45) is 1.18. The maximum atomic E-state index is 12.1. The second-order valence-corrected chi connectivity index (χ2v) is 9.89. The zero-order valence-corrected chi connectivity index (χ0v) is 18.7. The Morgan fingerprint density at radius 3 is 2.48 bits per heavy atom. The van der Waals surface area contributed by atoms with Crippen LogP contribution in [0.4, 0.5) is 5.69 Å². The fourth-order valence-corrected chi connectivity index (χ4v) is 4.31. The second-order valence-electron chi connectivity index (χ2n) is 6.79. The molecule has 6 nitrogen and oxygen atoms in total. The van der Waals surface area contributed by atoms with Gasteiger partial charge in [0.2, 0.25) is 11.8 Å². The molecule has 0 heterocycles. The van der Waals surface area contributed by atoms with Crippen LogP contribution in [-0.4, -0.2) is 38.3 Å². The molecule has 0 spiro atoms. The lowest BCUT2D eigenvalue weighted by Gasteiger charge is -2.10. The van der Waals surface area contributed by atoms with Gasteiger partial charge in [0, 0.05) is 23.1 Å². The number of sulfone groups is 1. The molecule has 0 aliphatic rings. The van der Waals surface area contributed by atoms with Crippen LogP contribution in [-0.2, 0) is 25.8 Å². The van der Waals surface area contributed by atoms with Gasteiger partial charge in [-0.1, -0.05) is 52.3 Å². The first kappa shape index (κ1) is 23.1. The molecule has 0 radical (unpaired) electrons. The highest BCUT2D eigenvalue weighted by atomic mass is 79.9. The molecule has 0 saturated carbocycles. The second kappa shape index (κ2) is 11.1. The van der Waals surface area contributed by atoms with Crippen molar-refractivity contribution in [1.29, 1.82) is 0 Å². The largest absolute Gasteiger partial charge is 0.355 e. The molecule has 0 aliphatic heterocycles. The number of halogens is 1. The van der Waals surface area contributed by atoms with Crippen molar-refractivity contribution in [2.45, 2.75) is 26.2 Å². The van der Waals surface area contributed by atoms with Crippen molar-refractivity contribution >= 4 is 43.3 Å². The van der Waals surface area contributed by atoms with Crippen molar-refractivity contribution in [3.63, 3.8) is 0 Å². The Hall–Kier alpha value is -2.19. The van der Waals surface area contributed by atoms with Gasteiger partial charge in [-0.25, -0.2) is 8.42 Å². The standard InChI is InChI=1S/C21H25BrN2O4S/c1-16-9-10-18(22)14-19(16)24-20(25)11-12-23-21(26)15-29(27,28)13-5-8-17-6-3-2-4-7-17/h2-4,6-7,9-10,14H,5,8,11-13,15H2,1H3,(H,23,26)(H,24,25). The Morgan fingerprint density at radius 1 is 1.03 bits per heavy atom. The molecule has 0 fully saturated rings. The van der Waals surface area contributed by atoms with Crippen LogP contribution in [0.5, 0.6) is 0 Å². The lowest BCUT2D eigenvalue weighted by Crippen LogP contribution is -2.33. The van der Waals surface area contributed by atoms with Crippen molar-refractivity contribution < 1.29 is 18.0 Å². The number of aryl methyl sites for hydroxylation is 2. The van der Waals surface area contributed by atoms with E-state index in [0.717, 1.165) is 15.6 Å². The Morgan fingerprint density at radius 2 is 1.76 bits per heavy atom. The predicted molar refractivity (Wildman–Crippen MR) is 119 cm³/mol. The average molecular weight is 481 g/mol. The Bertz CT molecular complexity index is 946. The number of amides is 2. The molecule has 156 valence electrons. The monoisotopic (exact) mass is 480 g/mol. The first-order valence-electron chi connectivity index (χ1n) is 9.32. The average Bonchev–Trinajstić information content (AvgIpc) is 2.65. The number of rotatable bonds is 10. The number of hydrogen-bond donors (Lipinski definition) is 2. The van der Waals surface area contributed by atoms with E-state index in [4.69, 9.17) is 0 Å². The molecule has 2 aromatic rings. The van der Waals surface area contributed by atoms with Gasteiger partial charge in [0.15, 0.2) is 9.84 Å². The molecule has 0 unspecified atom stereocenters. The van der Waals surface area contributed by atoms with Gasteiger partial charge in [-0.2, -0.15) is 0 Å². The van der Waals surface area contributed by atoms with E-state index in [1.807, 2.05) is 49.4 Å². The molecule has 2 aromatic carbocycles. The summed E-state index contributed by atoms with van der Waals surface area (Å²) in [4.78, 5) is 23.9. The van der Waals surface area contributed by atoms with E-state index in [9.17, 15) is 18.0 Å². The summed E-state index contributed by atoms with van der Waals surface area (Å²) in [6.45, 7) is 1.96. The SMILES string of the molecule is Cc1ccc(Br)cc1NC(=O)CCNC(=O)CS(=O)(=O)CCCc1ccccc1. The number of benzene rings is 2. The van der Waals surface area contributed by atoms with E-state index in [1.54, 1.807) is 6.07 Å². The summed E-state index contributed by atoms with van der Waals surface area (Å²) < 4.78 is 25.0. The van der Waals surface area contributed by atoms with Crippen LogP contribution >= 0.6 is 15.9 Å². The lowest BCUT2D eigenvalue weighted by atomic mass is 10.1. The van der Waals surface area contributed by atoms with Gasteiger partial charge in [0.25, 0.3) is 0 Å². The smallest absolute Gasteiger partial charge is 0.235 e. The highest BCUT2D eigenvalue weighted by molar-refractivity contribution is 9.10. The van der Waals surface area contributed by atoms with Crippen LogP contribution in [0.15, 0.2) is 53.0 Å².